The highest BCUT2D eigenvalue weighted by atomic mass is 35.5. The maximum Gasteiger partial charge on any atom is 0.147 e. The van der Waals surface area contributed by atoms with E-state index in [-0.39, 0.29) is 5.82 Å². The van der Waals surface area contributed by atoms with Crippen molar-refractivity contribution in [3.8, 4) is 0 Å². The lowest BCUT2D eigenvalue weighted by atomic mass is 10.2. The van der Waals surface area contributed by atoms with Gasteiger partial charge < -0.3 is 10.2 Å². The van der Waals surface area contributed by atoms with Crippen molar-refractivity contribution in [2.75, 3.05) is 19.0 Å². The van der Waals surface area contributed by atoms with Gasteiger partial charge in [-0.1, -0.05) is 23.7 Å². The lowest BCUT2D eigenvalue weighted by Gasteiger charge is -2.20. The predicted molar refractivity (Wildman–Crippen MR) is 80.5 cm³/mol. The van der Waals surface area contributed by atoms with Crippen LogP contribution in [0.4, 0.5) is 10.2 Å². The molecule has 0 saturated heterocycles. The molecule has 0 aliphatic rings. The fourth-order valence-corrected chi connectivity index (χ4v) is 2.32. The van der Waals surface area contributed by atoms with Crippen molar-refractivity contribution in [3.05, 3.63) is 58.5 Å². The van der Waals surface area contributed by atoms with Crippen LogP contribution in [-0.4, -0.2) is 19.1 Å². The van der Waals surface area contributed by atoms with E-state index in [1.165, 1.54) is 12.1 Å². The van der Waals surface area contributed by atoms with Gasteiger partial charge in [-0.2, -0.15) is 0 Å². The minimum Gasteiger partial charge on any atom is -0.354 e. The Kier molecular flexibility index (Phi) is 4.93. The van der Waals surface area contributed by atoms with Crippen LogP contribution in [0.5, 0.6) is 0 Å². The average Bonchev–Trinajstić information content (AvgIpc) is 2.42. The number of halogens is 2. The zero-order chi connectivity index (χ0) is 14.5. The number of rotatable bonds is 5. The number of anilines is 1. The van der Waals surface area contributed by atoms with E-state index >= 15 is 0 Å². The van der Waals surface area contributed by atoms with Gasteiger partial charge in [0.1, 0.15) is 11.6 Å². The van der Waals surface area contributed by atoms with Crippen LogP contribution in [0.15, 0.2) is 36.5 Å². The Morgan fingerprint density at radius 1 is 1.25 bits per heavy atom. The summed E-state index contributed by atoms with van der Waals surface area (Å²) in [5.74, 6) is 0.486. The molecule has 1 heterocycles. The number of pyridine rings is 1. The molecular formula is C15H17ClFN3. The van der Waals surface area contributed by atoms with Crippen LogP contribution < -0.4 is 10.2 Å². The third-order valence-electron chi connectivity index (χ3n) is 2.95. The Morgan fingerprint density at radius 2 is 1.95 bits per heavy atom. The van der Waals surface area contributed by atoms with E-state index in [4.69, 9.17) is 11.6 Å². The van der Waals surface area contributed by atoms with Crippen molar-refractivity contribution in [2.45, 2.75) is 13.1 Å². The SMILES string of the molecule is CNCc1cnc(N(C)Cc2ccc(F)cc2)c(Cl)c1. The number of benzene rings is 1. The van der Waals surface area contributed by atoms with Crippen LogP contribution >= 0.6 is 11.6 Å². The Bertz CT molecular complexity index is 572. The van der Waals surface area contributed by atoms with Crippen molar-refractivity contribution in [2.24, 2.45) is 0 Å². The molecule has 1 N–H and O–H groups in total. The van der Waals surface area contributed by atoms with Crippen LogP contribution in [0.1, 0.15) is 11.1 Å². The molecule has 20 heavy (non-hydrogen) atoms. The first-order chi connectivity index (χ1) is 9.60. The minimum atomic E-state index is -0.232. The van der Waals surface area contributed by atoms with Gasteiger partial charge in [0, 0.05) is 26.3 Å². The molecule has 0 aliphatic heterocycles. The maximum atomic E-state index is 12.9. The molecule has 0 unspecified atom stereocenters. The van der Waals surface area contributed by atoms with Crippen LogP contribution in [0.25, 0.3) is 0 Å². The third-order valence-corrected chi connectivity index (χ3v) is 3.23. The normalized spacial score (nSPS) is 10.6. The summed E-state index contributed by atoms with van der Waals surface area (Å²) in [6.07, 6.45) is 1.80. The van der Waals surface area contributed by atoms with Gasteiger partial charge in [-0.25, -0.2) is 9.37 Å². The van der Waals surface area contributed by atoms with Gasteiger partial charge in [-0.05, 0) is 36.4 Å². The summed E-state index contributed by atoms with van der Waals surface area (Å²) < 4.78 is 12.9. The van der Waals surface area contributed by atoms with E-state index in [1.807, 2.05) is 25.1 Å². The summed E-state index contributed by atoms with van der Waals surface area (Å²) in [5.41, 5.74) is 2.04. The Hall–Kier alpha value is -1.65. The topological polar surface area (TPSA) is 28.2 Å². The largest absolute Gasteiger partial charge is 0.354 e. The number of aromatic nitrogens is 1. The van der Waals surface area contributed by atoms with Crippen LogP contribution in [0.2, 0.25) is 5.02 Å². The van der Waals surface area contributed by atoms with Crippen molar-refractivity contribution in [1.29, 1.82) is 0 Å². The summed E-state index contributed by atoms with van der Waals surface area (Å²) in [6, 6.07) is 8.33. The molecule has 2 rings (SSSR count). The Balaban J connectivity index is 2.12. The molecule has 2 aromatic rings. The predicted octanol–water partition coefficient (Wildman–Crippen LogP) is 3.23. The van der Waals surface area contributed by atoms with Crippen LogP contribution in [0, 0.1) is 5.82 Å². The van der Waals surface area contributed by atoms with Gasteiger partial charge in [0.05, 0.1) is 5.02 Å². The van der Waals surface area contributed by atoms with Crippen LogP contribution in [-0.2, 0) is 13.1 Å². The fourth-order valence-electron chi connectivity index (χ4n) is 1.99. The number of hydrogen-bond acceptors (Lipinski definition) is 3. The first-order valence-corrected chi connectivity index (χ1v) is 6.72. The van der Waals surface area contributed by atoms with Crippen LogP contribution in [0.3, 0.4) is 0 Å². The molecular weight excluding hydrogens is 277 g/mol. The van der Waals surface area contributed by atoms with Gasteiger partial charge >= 0.3 is 0 Å². The molecule has 5 heteroatoms. The van der Waals surface area contributed by atoms with Crippen molar-refractivity contribution < 1.29 is 4.39 Å². The van der Waals surface area contributed by atoms with Gasteiger partial charge in [0.2, 0.25) is 0 Å². The third kappa shape index (κ3) is 3.68. The quantitative estimate of drug-likeness (QED) is 0.917. The standard InChI is InChI=1S/C15H17ClFN3/c1-18-8-12-7-14(16)15(19-9-12)20(2)10-11-3-5-13(17)6-4-11/h3-7,9,18H,8,10H2,1-2H3. The molecule has 3 nitrogen and oxygen atoms in total. The molecule has 0 aliphatic carbocycles. The van der Waals surface area contributed by atoms with Gasteiger partial charge in [0.15, 0.2) is 0 Å². The second kappa shape index (κ2) is 6.68. The summed E-state index contributed by atoms with van der Waals surface area (Å²) in [7, 11) is 3.79. The van der Waals surface area contributed by atoms with E-state index < -0.39 is 0 Å². The van der Waals surface area contributed by atoms with Crippen molar-refractivity contribution in [1.82, 2.24) is 10.3 Å². The molecule has 1 aromatic carbocycles. The number of nitrogens with one attached hydrogen (secondary N) is 1. The molecule has 0 amide bonds. The lowest BCUT2D eigenvalue weighted by molar-refractivity contribution is 0.627. The summed E-state index contributed by atoms with van der Waals surface area (Å²) in [4.78, 5) is 6.33. The van der Waals surface area contributed by atoms with E-state index in [0.29, 0.717) is 11.6 Å². The minimum absolute atomic E-state index is 0.232. The van der Waals surface area contributed by atoms with E-state index in [1.54, 1.807) is 18.3 Å². The molecule has 0 spiro atoms. The highest BCUT2D eigenvalue weighted by Crippen LogP contribution is 2.24. The maximum absolute atomic E-state index is 12.9. The van der Waals surface area contributed by atoms with Crippen molar-refractivity contribution >= 4 is 17.4 Å². The van der Waals surface area contributed by atoms with E-state index in [9.17, 15) is 4.39 Å². The zero-order valence-electron chi connectivity index (χ0n) is 11.5. The summed E-state index contributed by atoms with van der Waals surface area (Å²) in [5, 5.41) is 3.67. The number of nitrogens with zero attached hydrogens (tertiary/aromatic N) is 2. The van der Waals surface area contributed by atoms with Gasteiger partial charge in [-0.15, -0.1) is 0 Å². The Labute approximate surface area is 123 Å². The first kappa shape index (κ1) is 14.8. The molecule has 0 atom stereocenters. The monoisotopic (exact) mass is 293 g/mol. The molecule has 106 valence electrons. The second-order valence-electron chi connectivity index (χ2n) is 4.66. The van der Waals surface area contributed by atoms with Gasteiger partial charge in [0.25, 0.3) is 0 Å². The molecule has 1 aromatic heterocycles. The van der Waals surface area contributed by atoms with Gasteiger partial charge in [-0.3, -0.25) is 0 Å². The average molecular weight is 294 g/mol. The molecule has 0 radical (unpaired) electrons. The fraction of sp³-hybridized carbons (Fsp3) is 0.267. The van der Waals surface area contributed by atoms with E-state index in [0.717, 1.165) is 23.5 Å². The molecule has 0 saturated carbocycles. The second-order valence-corrected chi connectivity index (χ2v) is 5.07. The summed E-state index contributed by atoms with van der Waals surface area (Å²) in [6.45, 7) is 1.35. The zero-order valence-corrected chi connectivity index (χ0v) is 12.3. The first-order valence-electron chi connectivity index (χ1n) is 6.34. The lowest BCUT2D eigenvalue weighted by Crippen LogP contribution is -2.18. The molecule has 0 fully saturated rings. The van der Waals surface area contributed by atoms with E-state index in [2.05, 4.69) is 10.3 Å². The highest BCUT2D eigenvalue weighted by molar-refractivity contribution is 6.33. The number of hydrogen-bond donors (Lipinski definition) is 1. The Morgan fingerprint density at radius 3 is 2.55 bits per heavy atom. The summed E-state index contributed by atoms with van der Waals surface area (Å²) >= 11 is 6.26. The highest BCUT2D eigenvalue weighted by Gasteiger charge is 2.09. The van der Waals surface area contributed by atoms with Crippen molar-refractivity contribution in [3.63, 3.8) is 0 Å². The molecule has 0 bridgehead atoms. The smallest absolute Gasteiger partial charge is 0.147 e.